The molecule has 2 aromatic heterocycles. The highest BCUT2D eigenvalue weighted by atomic mass is 16.7. The number of para-hydroxylation sites is 2. The molecule has 0 unspecified atom stereocenters. The van der Waals surface area contributed by atoms with Crippen molar-refractivity contribution >= 4 is 43.6 Å². The lowest BCUT2D eigenvalue weighted by molar-refractivity contribution is -0.0778. The highest BCUT2D eigenvalue weighted by molar-refractivity contribution is 6.10. The minimum Gasteiger partial charge on any atom is -0.452 e. The van der Waals surface area contributed by atoms with Crippen LogP contribution in [0.2, 0.25) is 0 Å². The van der Waals surface area contributed by atoms with Crippen LogP contribution < -0.4 is 9.47 Å². The van der Waals surface area contributed by atoms with Crippen molar-refractivity contribution in [3.05, 3.63) is 132 Å². The standard InChI is InChI=1S/C41H26N4O2/c1-41(2)46-39-18-14-27(44-35-9-5-3-7-29(35)32-19-25(23-42)11-16-37(32)44)21-34(39)31-15-13-28(22-40(31)47-41)45-36-10-6-4-8-30(36)33-20-26(24-43)12-17-38(33)45/h3-22H,1-2H3. The lowest BCUT2D eigenvalue weighted by atomic mass is 10.0. The van der Waals surface area contributed by atoms with Crippen molar-refractivity contribution in [1.82, 2.24) is 9.13 Å². The van der Waals surface area contributed by atoms with Crippen molar-refractivity contribution in [3.8, 4) is 46.1 Å². The highest BCUT2D eigenvalue weighted by Gasteiger charge is 2.30. The molecule has 0 N–H and O–H groups in total. The number of hydrogen-bond donors (Lipinski definition) is 0. The van der Waals surface area contributed by atoms with Gasteiger partial charge in [0, 0.05) is 64.0 Å². The Morgan fingerprint density at radius 2 is 1.00 bits per heavy atom. The van der Waals surface area contributed by atoms with Crippen molar-refractivity contribution in [2.75, 3.05) is 0 Å². The van der Waals surface area contributed by atoms with Gasteiger partial charge in [-0.1, -0.05) is 36.4 Å². The third kappa shape index (κ3) is 4.02. The summed E-state index contributed by atoms with van der Waals surface area (Å²) in [6.07, 6.45) is 0. The van der Waals surface area contributed by atoms with E-state index < -0.39 is 5.79 Å². The Morgan fingerprint density at radius 3 is 1.60 bits per heavy atom. The van der Waals surface area contributed by atoms with Crippen LogP contribution in [0.3, 0.4) is 0 Å². The van der Waals surface area contributed by atoms with Crippen molar-refractivity contribution in [1.29, 1.82) is 10.5 Å². The summed E-state index contributed by atoms with van der Waals surface area (Å²) in [5.41, 5.74) is 9.20. The van der Waals surface area contributed by atoms with Gasteiger partial charge in [-0.15, -0.1) is 0 Å². The summed E-state index contributed by atoms with van der Waals surface area (Å²) in [7, 11) is 0. The van der Waals surface area contributed by atoms with Crippen LogP contribution in [0.25, 0.3) is 66.1 Å². The van der Waals surface area contributed by atoms with Gasteiger partial charge in [-0.3, -0.25) is 0 Å². The molecule has 0 radical (unpaired) electrons. The maximum atomic E-state index is 9.60. The van der Waals surface area contributed by atoms with Crippen LogP contribution in [0.1, 0.15) is 25.0 Å². The Hall–Kier alpha value is -6.50. The molecule has 222 valence electrons. The molecule has 0 atom stereocenters. The molecule has 0 fully saturated rings. The van der Waals surface area contributed by atoms with E-state index in [-0.39, 0.29) is 0 Å². The summed E-state index contributed by atoms with van der Waals surface area (Å²) < 4.78 is 17.6. The molecular formula is C41H26N4O2. The maximum Gasteiger partial charge on any atom is 0.245 e. The van der Waals surface area contributed by atoms with Gasteiger partial charge in [0.25, 0.3) is 0 Å². The third-order valence-electron chi connectivity index (χ3n) is 9.05. The van der Waals surface area contributed by atoms with Crippen LogP contribution in [0.5, 0.6) is 11.5 Å². The van der Waals surface area contributed by atoms with Gasteiger partial charge in [-0.2, -0.15) is 10.5 Å². The Labute approximate surface area is 270 Å². The molecule has 0 spiro atoms. The Bertz CT molecular complexity index is 2700. The largest absolute Gasteiger partial charge is 0.452 e. The van der Waals surface area contributed by atoms with E-state index in [0.717, 1.165) is 71.9 Å². The fourth-order valence-electron chi connectivity index (χ4n) is 7.11. The summed E-state index contributed by atoms with van der Waals surface area (Å²) in [5, 5.41) is 23.4. The van der Waals surface area contributed by atoms with Crippen LogP contribution >= 0.6 is 0 Å². The predicted molar refractivity (Wildman–Crippen MR) is 185 cm³/mol. The number of fused-ring (bicyclic) bond motifs is 9. The monoisotopic (exact) mass is 606 g/mol. The fourth-order valence-corrected chi connectivity index (χ4v) is 7.11. The van der Waals surface area contributed by atoms with Gasteiger partial charge in [-0.05, 0) is 78.9 Å². The first-order chi connectivity index (χ1) is 22.9. The molecule has 1 aliphatic heterocycles. The average Bonchev–Trinajstić information content (AvgIpc) is 3.56. The summed E-state index contributed by atoms with van der Waals surface area (Å²) >= 11 is 0. The first-order valence-corrected chi connectivity index (χ1v) is 15.5. The van der Waals surface area contributed by atoms with E-state index in [9.17, 15) is 10.5 Å². The molecule has 47 heavy (non-hydrogen) atoms. The summed E-state index contributed by atoms with van der Waals surface area (Å²) in [4.78, 5) is 0. The zero-order valence-corrected chi connectivity index (χ0v) is 25.7. The molecule has 0 saturated heterocycles. The van der Waals surface area contributed by atoms with Crippen LogP contribution in [-0.4, -0.2) is 14.9 Å². The second kappa shape index (κ2) is 9.75. The summed E-state index contributed by atoms with van der Waals surface area (Å²) in [6.45, 7) is 3.85. The Balaban J connectivity index is 1.26. The number of nitriles is 2. The molecule has 9 rings (SSSR count). The van der Waals surface area contributed by atoms with Gasteiger partial charge < -0.3 is 18.6 Å². The molecule has 6 nitrogen and oxygen atoms in total. The molecule has 0 aliphatic carbocycles. The van der Waals surface area contributed by atoms with Crippen molar-refractivity contribution in [2.45, 2.75) is 19.6 Å². The van der Waals surface area contributed by atoms with Crippen molar-refractivity contribution in [2.24, 2.45) is 0 Å². The zero-order chi connectivity index (χ0) is 31.9. The third-order valence-corrected chi connectivity index (χ3v) is 9.05. The van der Waals surface area contributed by atoms with Crippen LogP contribution in [-0.2, 0) is 0 Å². The minimum atomic E-state index is -0.927. The van der Waals surface area contributed by atoms with Crippen LogP contribution in [0.15, 0.2) is 121 Å². The lowest BCUT2D eigenvalue weighted by Crippen LogP contribution is -2.34. The summed E-state index contributed by atoms with van der Waals surface area (Å²) in [5.74, 6) is 0.519. The van der Waals surface area contributed by atoms with Crippen molar-refractivity contribution < 1.29 is 9.47 Å². The smallest absolute Gasteiger partial charge is 0.245 e. The first kappa shape index (κ1) is 26.9. The molecular weight excluding hydrogens is 580 g/mol. The van der Waals surface area contributed by atoms with E-state index in [2.05, 4.69) is 75.9 Å². The van der Waals surface area contributed by atoms with Gasteiger partial charge in [0.2, 0.25) is 5.79 Å². The van der Waals surface area contributed by atoms with Crippen molar-refractivity contribution in [3.63, 3.8) is 0 Å². The minimum absolute atomic E-state index is 0.630. The molecule has 0 saturated carbocycles. The van der Waals surface area contributed by atoms with E-state index in [0.29, 0.717) is 16.9 Å². The lowest BCUT2D eigenvalue weighted by Gasteiger charge is -2.26. The number of rotatable bonds is 2. The second-order valence-electron chi connectivity index (χ2n) is 12.4. The first-order valence-electron chi connectivity index (χ1n) is 15.5. The topological polar surface area (TPSA) is 75.9 Å². The quantitative estimate of drug-likeness (QED) is 0.196. The number of ether oxygens (including phenoxy) is 2. The molecule has 1 aliphatic rings. The van der Waals surface area contributed by atoms with Gasteiger partial charge in [-0.25, -0.2) is 0 Å². The number of nitrogens with zero attached hydrogens (tertiary/aromatic N) is 4. The van der Waals surface area contributed by atoms with E-state index >= 15 is 0 Å². The highest BCUT2D eigenvalue weighted by Crippen LogP contribution is 2.46. The molecule has 3 heterocycles. The number of aromatic nitrogens is 2. The van der Waals surface area contributed by atoms with E-state index in [1.807, 2.05) is 80.6 Å². The number of benzene rings is 6. The fraction of sp³-hybridized carbons (Fsp3) is 0.0732. The van der Waals surface area contributed by atoms with Gasteiger partial charge >= 0.3 is 0 Å². The van der Waals surface area contributed by atoms with Gasteiger partial charge in [0.05, 0.1) is 45.3 Å². The Kier molecular flexibility index (Phi) is 5.57. The van der Waals surface area contributed by atoms with E-state index in [1.54, 1.807) is 0 Å². The van der Waals surface area contributed by atoms with Gasteiger partial charge in [0.1, 0.15) is 11.5 Å². The van der Waals surface area contributed by atoms with E-state index in [1.165, 1.54) is 0 Å². The molecule has 6 heteroatoms. The molecule has 0 amide bonds. The summed E-state index contributed by atoms with van der Waals surface area (Å²) in [6, 6.07) is 45.4. The molecule has 0 bridgehead atoms. The Morgan fingerprint density at radius 1 is 0.489 bits per heavy atom. The maximum absolute atomic E-state index is 9.60. The second-order valence-corrected chi connectivity index (χ2v) is 12.4. The van der Waals surface area contributed by atoms with Gasteiger partial charge in [0.15, 0.2) is 0 Å². The number of hydrogen-bond acceptors (Lipinski definition) is 4. The molecule has 8 aromatic rings. The van der Waals surface area contributed by atoms with E-state index in [4.69, 9.17) is 9.47 Å². The average molecular weight is 607 g/mol. The predicted octanol–water partition coefficient (Wildman–Crippen LogP) is 9.80. The van der Waals surface area contributed by atoms with Crippen LogP contribution in [0, 0.1) is 22.7 Å². The molecule has 6 aromatic carbocycles. The van der Waals surface area contributed by atoms with Crippen LogP contribution in [0.4, 0.5) is 0 Å². The zero-order valence-electron chi connectivity index (χ0n) is 25.7. The normalized spacial score (nSPS) is 13.4. The SMILES string of the molecule is CC1(C)Oc2cc(-n3c4ccccc4c4cc(C#N)ccc43)ccc2-c2cc(-n3c4ccccc4c4cc(C#N)ccc43)ccc2O1.